The van der Waals surface area contributed by atoms with Gasteiger partial charge in [0.15, 0.2) is 6.61 Å². The molecule has 1 N–H and O–H groups in total. The maximum Gasteiger partial charge on any atom is 0.228 e. The van der Waals surface area contributed by atoms with E-state index in [1.807, 2.05) is 54.9 Å². The van der Waals surface area contributed by atoms with Crippen molar-refractivity contribution >= 4 is 0 Å². The van der Waals surface area contributed by atoms with Crippen molar-refractivity contribution < 1.29 is 14.7 Å². The fourth-order valence-corrected chi connectivity index (χ4v) is 2.63. The van der Waals surface area contributed by atoms with Crippen molar-refractivity contribution in [1.29, 1.82) is 0 Å². The molecule has 2 unspecified atom stereocenters. The monoisotopic (exact) mass is 314 g/mol. The minimum Gasteiger partial charge on any atom is -0.383 e. The lowest BCUT2D eigenvalue weighted by Crippen LogP contribution is -2.44. The van der Waals surface area contributed by atoms with E-state index in [4.69, 9.17) is 4.84 Å². The van der Waals surface area contributed by atoms with Crippen molar-refractivity contribution in [2.45, 2.75) is 45.6 Å². The second kappa shape index (κ2) is 9.31. The van der Waals surface area contributed by atoms with Crippen LogP contribution >= 0.6 is 0 Å². The standard InChI is InChI=1S/C20H28NO2/c1-3-5-10-17(4-2)16-23-21-14-9-13-19(15-21)20(22)18-11-7-6-8-12-18/h6-9,11-15,17,20,22H,3-5,10,16H2,1-2H3/q+1. The molecule has 0 aliphatic carbocycles. The quantitative estimate of drug-likeness (QED) is 0.716. The summed E-state index contributed by atoms with van der Waals surface area (Å²) in [6.45, 7) is 5.15. The molecule has 124 valence electrons. The number of rotatable bonds is 9. The van der Waals surface area contributed by atoms with Gasteiger partial charge in [0.05, 0.1) is 5.56 Å². The van der Waals surface area contributed by atoms with Gasteiger partial charge in [0.2, 0.25) is 12.4 Å². The van der Waals surface area contributed by atoms with Gasteiger partial charge in [-0.05, 0) is 30.4 Å². The lowest BCUT2D eigenvalue weighted by molar-refractivity contribution is -0.892. The maximum atomic E-state index is 10.5. The van der Waals surface area contributed by atoms with Crippen LogP contribution in [0.4, 0.5) is 0 Å². The van der Waals surface area contributed by atoms with Crippen molar-refractivity contribution in [3.8, 4) is 0 Å². The molecule has 0 spiro atoms. The highest BCUT2D eigenvalue weighted by molar-refractivity contribution is 5.26. The summed E-state index contributed by atoms with van der Waals surface area (Å²) in [7, 11) is 0. The van der Waals surface area contributed by atoms with E-state index in [0.717, 1.165) is 17.5 Å². The van der Waals surface area contributed by atoms with E-state index >= 15 is 0 Å². The Balaban J connectivity index is 1.99. The molecule has 0 radical (unpaired) electrons. The van der Waals surface area contributed by atoms with Crippen LogP contribution in [0.15, 0.2) is 54.9 Å². The lowest BCUT2D eigenvalue weighted by atomic mass is 10.0. The minimum atomic E-state index is -0.630. The van der Waals surface area contributed by atoms with Crippen LogP contribution in [0.1, 0.15) is 56.8 Å². The fourth-order valence-electron chi connectivity index (χ4n) is 2.63. The van der Waals surface area contributed by atoms with E-state index in [1.165, 1.54) is 19.3 Å². The van der Waals surface area contributed by atoms with E-state index in [0.29, 0.717) is 12.5 Å². The number of hydrogen-bond donors (Lipinski definition) is 1. The molecule has 0 saturated carbocycles. The largest absolute Gasteiger partial charge is 0.383 e. The summed E-state index contributed by atoms with van der Waals surface area (Å²) >= 11 is 0. The predicted molar refractivity (Wildman–Crippen MR) is 91.9 cm³/mol. The summed E-state index contributed by atoms with van der Waals surface area (Å²) in [6, 6.07) is 13.5. The Bertz CT molecular complexity index is 571. The molecule has 0 fully saturated rings. The topological polar surface area (TPSA) is 33.3 Å². The summed E-state index contributed by atoms with van der Waals surface area (Å²) in [5, 5.41) is 10.5. The van der Waals surface area contributed by atoms with Gasteiger partial charge in [-0.25, -0.2) is 0 Å². The molecule has 0 aliphatic rings. The van der Waals surface area contributed by atoms with Gasteiger partial charge in [-0.1, -0.05) is 57.0 Å². The first kappa shape index (κ1) is 17.5. The molecule has 23 heavy (non-hydrogen) atoms. The zero-order chi connectivity index (χ0) is 16.5. The molecule has 0 saturated heterocycles. The van der Waals surface area contributed by atoms with Crippen LogP contribution in [0.5, 0.6) is 0 Å². The lowest BCUT2D eigenvalue weighted by Gasteiger charge is -2.12. The second-order valence-electron chi connectivity index (χ2n) is 6.02. The Morgan fingerprint density at radius 3 is 2.48 bits per heavy atom. The third-order valence-electron chi connectivity index (χ3n) is 4.23. The van der Waals surface area contributed by atoms with Gasteiger partial charge in [-0.15, -0.1) is 0 Å². The van der Waals surface area contributed by atoms with Crippen molar-refractivity contribution in [3.05, 3.63) is 66.0 Å². The smallest absolute Gasteiger partial charge is 0.228 e. The van der Waals surface area contributed by atoms with Gasteiger partial charge in [0, 0.05) is 10.8 Å². The van der Waals surface area contributed by atoms with Gasteiger partial charge in [0.1, 0.15) is 6.10 Å². The highest BCUT2D eigenvalue weighted by Crippen LogP contribution is 2.19. The Morgan fingerprint density at radius 1 is 1.04 bits per heavy atom. The molecule has 0 bridgehead atoms. The average molecular weight is 314 g/mol. The molecular formula is C20H28NO2+. The molecule has 0 aliphatic heterocycles. The summed E-state index contributed by atoms with van der Waals surface area (Å²) in [4.78, 5) is 5.89. The first-order valence-electron chi connectivity index (χ1n) is 8.62. The number of aromatic nitrogens is 1. The third-order valence-corrected chi connectivity index (χ3v) is 4.23. The molecular weight excluding hydrogens is 286 g/mol. The number of aliphatic hydroxyl groups is 1. The molecule has 2 rings (SSSR count). The Hall–Kier alpha value is -1.87. The van der Waals surface area contributed by atoms with Crippen molar-refractivity contribution in [3.63, 3.8) is 0 Å². The van der Waals surface area contributed by atoms with E-state index in [-0.39, 0.29) is 0 Å². The van der Waals surface area contributed by atoms with Crippen LogP contribution in [0, 0.1) is 5.92 Å². The summed E-state index contributed by atoms with van der Waals surface area (Å²) in [5.41, 5.74) is 1.72. The Morgan fingerprint density at radius 2 is 1.78 bits per heavy atom. The highest BCUT2D eigenvalue weighted by Gasteiger charge is 2.16. The van der Waals surface area contributed by atoms with Gasteiger partial charge in [0.25, 0.3) is 0 Å². The number of nitrogens with zero attached hydrogens (tertiary/aromatic N) is 1. The minimum absolute atomic E-state index is 0.588. The van der Waals surface area contributed by atoms with Crippen LogP contribution < -0.4 is 9.57 Å². The van der Waals surface area contributed by atoms with Gasteiger partial charge < -0.3 is 5.11 Å². The molecule has 3 heteroatoms. The number of aliphatic hydroxyl groups excluding tert-OH is 1. The zero-order valence-corrected chi connectivity index (χ0v) is 14.2. The zero-order valence-electron chi connectivity index (χ0n) is 14.2. The normalized spacial score (nSPS) is 13.5. The van der Waals surface area contributed by atoms with Gasteiger partial charge in [-0.2, -0.15) is 0 Å². The second-order valence-corrected chi connectivity index (χ2v) is 6.02. The van der Waals surface area contributed by atoms with Crippen LogP contribution in [-0.4, -0.2) is 11.7 Å². The third kappa shape index (κ3) is 5.36. The number of pyridine rings is 1. The van der Waals surface area contributed by atoms with Crippen LogP contribution in [0.2, 0.25) is 0 Å². The first-order valence-corrected chi connectivity index (χ1v) is 8.62. The van der Waals surface area contributed by atoms with Crippen molar-refractivity contribution in [2.24, 2.45) is 5.92 Å². The van der Waals surface area contributed by atoms with E-state index in [2.05, 4.69) is 13.8 Å². The Labute approximate surface area is 139 Å². The van der Waals surface area contributed by atoms with E-state index in [9.17, 15) is 5.11 Å². The first-order chi connectivity index (χ1) is 11.2. The van der Waals surface area contributed by atoms with Crippen LogP contribution in [0.3, 0.4) is 0 Å². The SMILES string of the molecule is CCCCC(CC)CO[n+]1cccc(C(O)c2ccccc2)c1. The molecule has 1 aromatic carbocycles. The van der Waals surface area contributed by atoms with Gasteiger partial charge >= 0.3 is 0 Å². The van der Waals surface area contributed by atoms with Crippen molar-refractivity contribution in [1.82, 2.24) is 0 Å². The number of unbranched alkanes of at least 4 members (excludes halogenated alkanes) is 1. The van der Waals surface area contributed by atoms with E-state index in [1.54, 1.807) is 4.73 Å². The van der Waals surface area contributed by atoms with Gasteiger partial charge in [-0.3, -0.25) is 4.84 Å². The predicted octanol–water partition coefficient (Wildman–Crippen LogP) is 3.70. The Kier molecular flexibility index (Phi) is 7.08. The fraction of sp³-hybridized carbons (Fsp3) is 0.450. The molecule has 2 aromatic rings. The molecule has 3 nitrogen and oxygen atoms in total. The summed E-state index contributed by atoms with van der Waals surface area (Å²) in [5.74, 6) is 0.588. The molecule has 1 heterocycles. The number of benzene rings is 1. The summed E-state index contributed by atoms with van der Waals surface area (Å²) in [6.07, 6.45) is 7.93. The molecule has 1 aromatic heterocycles. The number of hydrogen-bond acceptors (Lipinski definition) is 2. The maximum absolute atomic E-state index is 10.5. The van der Waals surface area contributed by atoms with Crippen LogP contribution in [-0.2, 0) is 0 Å². The molecule has 0 amide bonds. The molecule has 2 atom stereocenters. The summed E-state index contributed by atoms with van der Waals surface area (Å²) < 4.78 is 1.72. The average Bonchev–Trinajstić information content (AvgIpc) is 2.62. The van der Waals surface area contributed by atoms with Crippen molar-refractivity contribution in [2.75, 3.05) is 6.61 Å². The highest BCUT2D eigenvalue weighted by atomic mass is 16.7. The van der Waals surface area contributed by atoms with E-state index < -0.39 is 6.10 Å². The van der Waals surface area contributed by atoms with Crippen LogP contribution in [0.25, 0.3) is 0 Å².